The number of methoxy groups -OCH3 is 4. The predicted molar refractivity (Wildman–Crippen MR) is 118 cm³/mol. The Morgan fingerprint density at radius 2 is 1.69 bits per heavy atom. The monoisotopic (exact) mass is 441 g/mol. The van der Waals surface area contributed by atoms with Crippen molar-refractivity contribution in [3.8, 4) is 17.2 Å². The number of benzene rings is 2. The number of likely N-dealkylation sites (tertiary alicyclic amines) is 1. The fourth-order valence-electron chi connectivity index (χ4n) is 3.84. The molecule has 1 N–H and O–H groups in total. The van der Waals surface area contributed by atoms with E-state index in [1.165, 1.54) is 26.2 Å². The number of aliphatic hydroxyl groups is 1. The van der Waals surface area contributed by atoms with Crippen molar-refractivity contribution in [2.24, 2.45) is 0 Å². The van der Waals surface area contributed by atoms with Crippen LogP contribution in [0, 0.1) is 6.92 Å². The van der Waals surface area contributed by atoms with Gasteiger partial charge in [-0.05, 0) is 48.4 Å². The molecule has 2 aromatic rings. The Bertz CT molecular complexity index is 1060. The van der Waals surface area contributed by atoms with Crippen LogP contribution in [0.25, 0.3) is 5.76 Å². The number of amides is 1. The molecule has 0 spiro atoms. The maximum absolute atomic E-state index is 13.1. The minimum Gasteiger partial charge on any atom is -0.507 e. The van der Waals surface area contributed by atoms with Gasteiger partial charge in [0.2, 0.25) is 0 Å². The van der Waals surface area contributed by atoms with Gasteiger partial charge in [0.15, 0.2) is 11.5 Å². The average Bonchev–Trinajstić information content (AvgIpc) is 3.06. The molecule has 32 heavy (non-hydrogen) atoms. The molecular formula is C24H27NO7. The van der Waals surface area contributed by atoms with Crippen LogP contribution in [0.3, 0.4) is 0 Å². The third kappa shape index (κ3) is 4.13. The number of aryl methyl sites for hydroxylation is 1. The van der Waals surface area contributed by atoms with Gasteiger partial charge in [-0.3, -0.25) is 9.59 Å². The van der Waals surface area contributed by atoms with E-state index in [1.54, 1.807) is 50.4 Å². The number of nitrogens with zero attached hydrogens (tertiary/aromatic N) is 1. The molecule has 170 valence electrons. The van der Waals surface area contributed by atoms with Crippen molar-refractivity contribution in [2.45, 2.75) is 13.0 Å². The Labute approximate surface area is 187 Å². The minimum absolute atomic E-state index is 0.00610. The highest BCUT2D eigenvalue weighted by atomic mass is 16.5. The molecule has 1 fully saturated rings. The molecule has 0 aliphatic carbocycles. The predicted octanol–water partition coefficient (Wildman–Crippen LogP) is 3.09. The molecular weight excluding hydrogens is 414 g/mol. The van der Waals surface area contributed by atoms with Crippen molar-refractivity contribution in [3.05, 3.63) is 58.7 Å². The molecule has 0 aromatic heterocycles. The van der Waals surface area contributed by atoms with Gasteiger partial charge in [-0.25, -0.2) is 0 Å². The van der Waals surface area contributed by atoms with Gasteiger partial charge in [-0.2, -0.15) is 0 Å². The third-order valence-electron chi connectivity index (χ3n) is 5.49. The molecule has 8 nitrogen and oxygen atoms in total. The number of ether oxygens (including phenoxy) is 4. The zero-order valence-corrected chi connectivity index (χ0v) is 18.8. The number of ketones is 1. The molecule has 1 unspecified atom stereocenters. The fraction of sp³-hybridized carbons (Fsp3) is 0.333. The summed E-state index contributed by atoms with van der Waals surface area (Å²) in [6, 6.07) is 9.43. The van der Waals surface area contributed by atoms with E-state index in [-0.39, 0.29) is 24.5 Å². The number of carbonyl (C=O) groups is 2. The maximum Gasteiger partial charge on any atom is 0.295 e. The highest BCUT2D eigenvalue weighted by molar-refractivity contribution is 6.46. The number of Topliss-reactive ketones (excluding diaryl/α,β-unsaturated/α-hetero) is 1. The topological polar surface area (TPSA) is 94.5 Å². The number of aliphatic hydroxyl groups excluding tert-OH is 1. The van der Waals surface area contributed by atoms with Crippen molar-refractivity contribution in [3.63, 3.8) is 0 Å². The molecule has 0 radical (unpaired) electrons. The lowest BCUT2D eigenvalue weighted by Crippen LogP contribution is -2.32. The van der Waals surface area contributed by atoms with Gasteiger partial charge < -0.3 is 29.0 Å². The van der Waals surface area contributed by atoms with E-state index in [2.05, 4.69) is 0 Å². The lowest BCUT2D eigenvalue weighted by Gasteiger charge is -2.25. The number of carbonyl (C=O) groups excluding carboxylic acids is 2. The van der Waals surface area contributed by atoms with E-state index in [4.69, 9.17) is 18.9 Å². The Kier molecular flexibility index (Phi) is 7.05. The zero-order chi connectivity index (χ0) is 23.4. The van der Waals surface area contributed by atoms with Crippen molar-refractivity contribution < 1.29 is 33.6 Å². The highest BCUT2D eigenvalue weighted by Gasteiger charge is 2.46. The SMILES string of the molecule is COCCN1C(=O)C(=O)C(=C(O)c2ccc(OC)cc2C)C1c1ccc(OC)c(OC)c1. The lowest BCUT2D eigenvalue weighted by atomic mass is 9.93. The first-order valence-corrected chi connectivity index (χ1v) is 10.0. The molecule has 1 amide bonds. The van der Waals surface area contributed by atoms with Crippen molar-refractivity contribution in [1.29, 1.82) is 0 Å². The maximum atomic E-state index is 13.1. The lowest BCUT2D eigenvalue weighted by molar-refractivity contribution is -0.140. The number of hydrogen-bond donors (Lipinski definition) is 1. The third-order valence-corrected chi connectivity index (χ3v) is 5.49. The summed E-state index contributed by atoms with van der Waals surface area (Å²) in [6.45, 7) is 2.21. The molecule has 0 saturated carbocycles. The summed E-state index contributed by atoms with van der Waals surface area (Å²) >= 11 is 0. The Hall–Kier alpha value is -3.52. The van der Waals surface area contributed by atoms with Crippen molar-refractivity contribution in [1.82, 2.24) is 4.90 Å². The first kappa shape index (κ1) is 23.1. The zero-order valence-electron chi connectivity index (χ0n) is 18.8. The molecule has 1 saturated heterocycles. The van der Waals surface area contributed by atoms with Gasteiger partial charge in [0.05, 0.1) is 39.6 Å². The van der Waals surface area contributed by atoms with Crippen LogP contribution in [-0.2, 0) is 14.3 Å². The van der Waals surface area contributed by atoms with Gasteiger partial charge in [0.25, 0.3) is 11.7 Å². The van der Waals surface area contributed by atoms with Gasteiger partial charge in [0.1, 0.15) is 11.5 Å². The molecule has 1 atom stereocenters. The molecule has 1 aliphatic rings. The van der Waals surface area contributed by atoms with E-state index in [0.717, 1.165) is 0 Å². The molecule has 1 aliphatic heterocycles. The summed E-state index contributed by atoms with van der Waals surface area (Å²) < 4.78 is 21.1. The molecule has 2 aromatic carbocycles. The largest absolute Gasteiger partial charge is 0.507 e. The summed E-state index contributed by atoms with van der Waals surface area (Å²) in [4.78, 5) is 27.4. The highest BCUT2D eigenvalue weighted by Crippen LogP contribution is 2.42. The van der Waals surface area contributed by atoms with Gasteiger partial charge in [-0.15, -0.1) is 0 Å². The first-order chi connectivity index (χ1) is 15.4. The van der Waals surface area contributed by atoms with Crippen LogP contribution >= 0.6 is 0 Å². The van der Waals surface area contributed by atoms with Gasteiger partial charge >= 0.3 is 0 Å². The van der Waals surface area contributed by atoms with Crippen LogP contribution in [0.5, 0.6) is 17.2 Å². The Morgan fingerprint density at radius 1 is 0.969 bits per heavy atom. The number of hydrogen-bond acceptors (Lipinski definition) is 7. The smallest absolute Gasteiger partial charge is 0.295 e. The summed E-state index contributed by atoms with van der Waals surface area (Å²) in [5.74, 6) is -0.124. The minimum atomic E-state index is -0.813. The second-order valence-electron chi connectivity index (χ2n) is 7.28. The van der Waals surface area contributed by atoms with Crippen molar-refractivity contribution in [2.75, 3.05) is 41.6 Å². The van der Waals surface area contributed by atoms with Crippen LogP contribution in [0.1, 0.15) is 22.7 Å². The van der Waals surface area contributed by atoms with Crippen molar-refractivity contribution >= 4 is 17.4 Å². The Morgan fingerprint density at radius 3 is 2.28 bits per heavy atom. The Balaban J connectivity index is 2.21. The van der Waals surface area contributed by atoms with Crippen LogP contribution < -0.4 is 14.2 Å². The molecule has 0 bridgehead atoms. The van der Waals surface area contributed by atoms with Crippen LogP contribution in [0.15, 0.2) is 42.0 Å². The summed E-state index contributed by atoms with van der Waals surface area (Å²) in [5.41, 5.74) is 1.76. The van der Waals surface area contributed by atoms with Gasteiger partial charge in [-0.1, -0.05) is 6.07 Å². The van der Waals surface area contributed by atoms with Gasteiger partial charge in [0, 0.05) is 19.2 Å². The van der Waals surface area contributed by atoms with E-state index in [1.807, 2.05) is 0 Å². The summed E-state index contributed by atoms with van der Waals surface area (Å²) in [5, 5.41) is 11.2. The van der Waals surface area contributed by atoms with Crippen LogP contribution in [-0.4, -0.2) is 63.3 Å². The van der Waals surface area contributed by atoms with E-state index in [0.29, 0.717) is 33.9 Å². The molecule has 8 heteroatoms. The van der Waals surface area contributed by atoms with Crippen LogP contribution in [0.2, 0.25) is 0 Å². The molecule has 1 heterocycles. The van der Waals surface area contributed by atoms with E-state index in [9.17, 15) is 14.7 Å². The number of rotatable bonds is 8. The fourth-order valence-corrected chi connectivity index (χ4v) is 3.84. The quantitative estimate of drug-likeness (QED) is 0.382. The normalized spacial score (nSPS) is 17.5. The average molecular weight is 441 g/mol. The summed E-state index contributed by atoms with van der Waals surface area (Å²) in [7, 11) is 6.09. The second kappa shape index (κ2) is 9.74. The van der Waals surface area contributed by atoms with Crippen LogP contribution in [0.4, 0.5) is 0 Å². The second-order valence-corrected chi connectivity index (χ2v) is 7.28. The first-order valence-electron chi connectivity index (χ1n) is 10.0. The summed E-state index contributed by atoms with van der Waals surface area (Å²) in [6.07, 6.45) is 0. The van der Waals surface area contributed by atoms with E-state index >= 15 is 0 Å². The van der Waals surface area contributed by atoms with E-state index < -0.39 is 17.7 Å². The standard InChI is InChI=1S/C24H27NO7/c1-14-12-16(30-3)7-8-17(14)22(26)20-21(25(10-11-29-2)24(28)23(20)27)15-6-9-18(31-4)19(13-15)32-5/h6-9,12-13,21,26H,10-11H2,1-5H3. The molecule has 3 rings (SSSR count).